The zero-order chi connectivity index (χ0) is 13.5. The Morgan fingerprint density at radius 2 is 1.88 bits per heavy atom. The maximum Gasteiger partial charge on any atom is 0.405 e. The number of hydrogen-bond donors (Lipinski definition) is 3. The van der Waals surface area contributed by atoms with Gasteiger partial charge < -0.3 is 16.4 Å². The lowest BCUT2D eigenvalue weighted by Gasteiger charge is -2.08. The fraction of sp³-hybridized carbons (Fsp3) is 0.333. The number of halogens is 3. The van der Waals surface area contributed by atoms with Crippen LogP contribution in [0.3, 0.4) is 0 Å². The second-order valence-corrected chi connectivity index (χ2v) is 2.97. The molecule has 0 aromatic heterocycles. The summed E-state index contributed by atoms with van der Waals surface area (Å²) in [7, 11) is 0. The Labute approximate surface area is 95.5 Å². The van der Waals surface area contributed by atoms with E-state index in [0.29, 0.717) is 0 Å². The molecule has 0 spiro atoms. The van der Waals surface area contributed by atoms with Gasteiger partial charge >= 0.3 is 18.0 Å². The maximum absolute atomic E-state index is 11.8. The highest BCUT2D eigenvalue weighted by Gasteiger charge is 2.26. The highest BCUT2D eigenvalue weighted by atomic mass is 19.4. The first-order valence-corrected chi connectivity index (χ1v) is 4.46. The number of nitrogens with two attached hydrogens (primary N) is 1. The third-order valence-corrected chi connectivity index (χ3v) is 1.44. The van der Waals surface area contributed by atoms with Gasteiger partial charge in [-0.15, -0.1) is 0 Å². The first kappa shape index (κ1) is 15.0. The van der Waals surface area contributed by atoms with E-state index in [1.807, 2.05) is 5.32 Å². The number of allylic oxidation sites excluding steroid dienone is 1. The highest BCUT2D eigenvalue weighted by Crippen LogP contribution is 2.12. The summed E-state index contributed by atoms with van der Waals surface area (Å²) in [6, 6.07) is 0. The summed E-state index contributed by atoms with van der Waals surface area (Å²) in [6.45, 7) is 2.08. The fourth-order valence-electron chi connectivity index (χ4n) is 0.713. The van der Waals surface area contributed by atoms with Crippen molar-refractivity contribution in [3.8, 4) is 0 Å². The minimum Gasteiger partial charge on any atom is -0.377 e. The monoisotopic (exact) mass is 251 g/mol. The van der Waals surface area contributed by atoms with Crippen molar-refractivity contribution >= 4 is 11.8 Å². The van der Waals surface area contributed by atoms with E-state index in [1.165, 1.54) is 12.2 Å². The van der Waals surface area contributed by atoms with Crippen LogP contribution in [0.25, 0.3) is 0 Å². The number of hydrogen-bond acceptors (Lipinski definition) is 3. The van der Waals surface area contributed by atoms with Crippen LogP contribution in [-0.2, 0) is 9.59 Å². The Bertz CT molecular complexity index is 337. The maximum atomic E-state index is 11.8. The molecule has 0 rings (SSSR count). The van der Waals surface area contributed by atoms with Gasteiger partial charge in [-0.05, 0) is 6.08 Å². The number of carbonyl (C=O) groups excluding carboxylic acids is 2. The Morgan fingerprint density at radius 1 is 1.29 bits per heavy atom. The molecule has 0 aliphatic carbocycles. The van der Waals surface area contributed by atoms with Crippen LogP contribution in [0.1, 0.15) is 0 Å². The van der Waals surface area contributed by atoms with E-state index < -0.39 is 24.5 Å². The fourth-order valence-corrected chi connectivity index (χ4v) is 0.713. The van der Waals surface area contributed by atoms with Gasteiger partial charge in [-0.25, -0.2) is 0 Å². The van der Waals surface area contributed by atoms with Crippen molar-refractivity contribution in [1.82, 2.24) is 10.6 Å². The van der Waals surface area contributed by atoms with Crippen molar-refractivity contribution < 1.29 is 22.8 Å². The number of nitrogens with one attached hydrogen (secondary N) is 2. The molecule has 0 aliphatic rings. The van der Waals surface area contributed by atoms with E-state index in [2.05, 4.69) is 17.6 Å². The van der Waals surface area contributed by atoms with Gasteiger partial charge in [-0.2, -0.15) is 13.2 Å². The molecule has 96 valence electrons. The molecule has 0 atom stereocenters. The van der Waals surface area contributed by atoms with Gasteiger partial charge in [0.15, 0.2) is 0 Å². The molecule has 0 aromatic rings. The van der Waals surface area contributed by atoms with Crippen LogP contribution < -0.4 is 16.4 Å². The average Bonchev–Trinajstić information content (AvgIpc) is 2.20. The van der Waals surface area contributed by atoms with Crippen molar-refractivity contribution in [1.29, 1.82) is 0 Å². The van der Waals surface area contributed by atoms with Crippen LogP contribution in [0.5, 0.6) is 0 Å². The van der Waals surface area contributed by atoms with Gasteiger partial charge in [0.05, 0.1) is 0 Å². The lowest BCUT2D eigenvalue weighted by Crippen LogP contribution is -2.36. The second-order valence-electron chi connectivity index (χ2n) is 2.97. The van der Waals surface area contributed by atoms with E-state index >= 15 is 0 Å². The Hall–Kier alpha value is -1.99. The molecular weight excluding hydrogens is 239 g/mol. The zero-order valence-electron chi connectivity index (χ0n) is 8.80. The van der Waals surface area contributed by atoms with Crippen molar-refractivity contribution in [2.75, 3.05) is 13.1 Å². The Morgan fingerprint density at radius 3 is 2.35 bits per heavy atom. The molecule has 0 fully saturated rings. The van der Waals surface area contributed by atoms with Gasteiger partial charge in [0.2, 0.25) is 0 Å². The van der Waals surface area contributed by atoms with Crippen molar-refractivity contribution in [3.63, 3.8) is 0 Å². The predicted octanol–water partition coefficient (Wildman–Crippen LogP) is -0.190. The lowest BCUT2D eigenvalue weighted by atomic mass is 10.4. The molecule has 17 heavy (non-hydrogen) atoms. The summed E-state index contributed by atoms with van der Waals surface area (Å²) in [5.74, 6) is -2.10. The number of primary amides is 1. The molecule has 5 nitrogen and oxygen atoms in total. The van der Waals surface area contributed by atoms with Crippen molar-refractivity contribution in [3.05, 3.63) is 24.4 Å². The van der Waals surface area contributed by atoms with Gasteiger partial charge in [0.1, 0.15) is 6.54 Å². The van der Waals surface area contributed by atoms with Crippen LogP contribution in [0.4, 0.5) is 13.2 Å². The molecular formula is C9H12F3N3O2. The Kier molecular flexibility index (Phi) is 5.79. The molecule has 4 N–H and O–H groups in total. The largest absolute Gasteiger partial charge is 0.405 e. The second kappa shape index (κ2) is 6.56. The normalized spacial score (nSPS) is 11.2. The summed E-state index contributed by atoms with van der Waals surface area (Å²) in [5, 5.41) is 4.14. The molecule has 0 unspecified atom stereocenters. The summed E-state index contributed by atoms with van der Waals surface area (Å²) in [6.07, 6.45) is -1.75. The molecule has 0 aliphatic heterocycles. The lowest BCUT2D eigenvalue weighted by molar-refractivity contribution is -0.137. The molecule has 0 radical (unpaired) electrons. The van der Waals surface area contributed by atoms with Crippen LogP contribution in [0.2, 0.25) is 0 Å². The van der Waals surface area contributed by atoms with E-state index in [-0.39, 0.29) is 12.2 Å². The van der Waals surface area contributed by atoms with Gasteiger partial charge in [0, 0.05) is 12.2 Å². The summed E-state index contributed by atoms with van der Waals surface area (Å²) in [4.78, 5) is 20.9. The van der Waals surface area contributed by atoms with Crippen molar-refractivity contribution in [2.24, 2.45) is 5.73 Å². The molecule has 0 heterocycles. The third kappa shape index (κ3) is 8.97. The predicted molar refractivity (Wildman–Crippen MR) is 54.5 cm³/mol. The van der Waals surface area contributed by atoms with E-state index in [9.17, 15) is 22.8 Å². The van der Waals surface area contributed by atoms with Crippen molar-refractivity contribution in [2.45, 2.75) is 6.18 Å². The zero-order valence-corrected chi connectivity index (χ0v) is 8.80. The third-order valence-electron chi connectivity index (χ3n) is 1.44. The molecule has 2 amide bonds. The summed E-state index contributed by atoms with van der Waals surface area (Å²) in [5.41, 5.74) is 4.68. The number of carbonyl (C=O) groups is 2. The number of amides is 2. The topological polar surface area (TPSA) is 84.2 Å². The smallest absolute Gasteiger partial charge is 0.377 e. The van der Waals surface area contributed by atoms with Gasteiger partial charge in [-0.3, -0.25) is 9.59 Å². The molecule has 0 saturated carbocycles. The quantitative estimate of drug-likeness (QED) is 0.467. The van der Waals surface area contributed by atoms with E-state index in [0.717, 1.165) is 0 Å². The average molecular weight is 251 g/mol. The van der Waals surface area contributed by atoms with E-state index in [4.69, 9.17) is 0 Å². The minimum atomic E-state index is -4.32. The van der Waals surface area contributed by atoms with Gasteiger partial charge in [0.25, 0.3) is 0 Å². The summed E-state index contributed by atoms with van der Waals surface area (Å²) < 4.78 is 35.3. The van der Waals surface area contributed by atoms with Gasteiger partial charge in [-0.1, -0.05) is 12.7 Å². The van der Waals surface area contributed by atoms with Crippen LogP contribution >= 0.6 is 0 Å². The van der Waals surface area contributed by atoms with Crippen LogP contribution in [-0.4, -0.2) is 31.1 Å². The minimum absolute atomic E-state index is 0.0332. The highest BCUT2D eigenvalue weighted by molar-refractivity contribution is 6.34. The molecule has 0 aromatic carbocycles. The first-order valence-electron chi connectivity index (χ1n) is 4.46. The SMILES string of the molecule is C=C(/C=C/CNC(=O)C(N)=O)NCC(F)(F)F. The standard InChI is InChI=1S/C9H12F3N3O2/c1-6(15-5-9(10,11)12)3-2-4-14-8(17)7(13)16/h2-3,15H,1,4-5H2,(H2,13,16)(H,14,17)/b3-2+. The Balaban J connectivity index is 3.82. The molecule has 0 saturated heterocycles. The molecule has 0 bridgehead atoms. The number of alkyl halides is 3. The number of rotatable bonds is 5. The van der Waals surface area contributed by atoms with Crippen LogP contribution in [0.15, 0.2) is 24.4 Å². The first-order chi connectivity index (χ1) is 7.72. The van der Waals surface area contributed by atoms with Crippen LogP contribution in [0, 0.1) is 0 Å². The molecule has 8 heteroatoms. The van der Waals surface area contributed by atoms with E-state index in [1.54, 1.807) is 0 Å². The summed E-state index contributed by atoms with van der Waals surface area (Å²) >= 11 is 0.